The molecule has 2 fully saturated rings. The Morgan fingerprint density at radius 3 is 2.36 bits per heavy atom. The number of benzene rings is 1. The molecule has 1 saturated carbocycles. The van der Waals surface area contributed by atoms with Crippen LogP contribution in [0.1, 0.15) is 28.1 Å². The number of carbonyl (C=O) groups is 2. The van der Waals surface area contributed by atoms with Crippen molar-refractivity contribution < 1.29 is 9.59 Å². The molecule has 0 atom stereocenters. The predicted octanol–water partition coefficient (Wildman–Crippen LogP) is 3.75. The van der Waals surface area contributed by atoms with Crippen LogP contribution in [0.5, 0.6) is 0 Å². The third-order valence-corrected chi connectivity index (χ3v) is 6.58. The summed E-state index contributed by atoms with van der Waals surface area (Å²) in [5, 5.41) is 5.69. The summed E-state index contributed by atoms with van der Waals surface area (Å²) < 4.78 is 1.15. The minimum Gasteiger partial charge on any atom is -0.336 e. The van der Waals surface area contributed by atoms with Gasteiger partial charge in [-0.25, -0.2) is 4.79 Å². The number of carbonyl (C=O) groups excluding carboxylic acids is 2. The van der Waals surface area contributed by atoms with Gasteiger partial charge in [0.05, 0.1) is 3.79 Å². The Morgan fingerprint density at radius 2 is 1.75 bits per heavy atom. The summed E-state index contributed by atoms with van der Waals surface area (Å²) in [6, 6.07) is 11.5. The lowest BCUT2D eigenvalue weighted by atomic mass is 10.1. The van der Waals surface area contributed by atoms with Gasteiger partial charge >= 0.3 is 6.03 Å². The van der Waals surface area contributed by atoms with Gasteiger partial charge in [0.25, 0.3) is 5.91 Å². The molecule has 2 N–H and O–H groups in total. The van der Waals surface area contributed by atoms with Gasteiger partial charge in [-0.05, 0) is 65.2 Å². The zero-order chi connectivity index (χ0) is 19.5. The number of hydrogen-bond acceptors (Lipinski definition) is 4. The van der Waals surface area contributed by atoms with Crippen molar-refractivity contribution in [3.8, 4) is 0 Å². The van der Waals surface area contributed by atoms with Crippen LogP contribution in [-0.2, 0) is 6.54 Å². The lowest BCUT2D eigenvalue weighted by molar-refractivity contribution is 0.0629. The highest BCUT2D eigenvalue weighted by Gasteiger charge is 2.24. The maximum atomic E-state index is 12.8. The van der Waals surface area contributed by atoms with E-state index in [1.54, 1.807) is 35.6 Å². The topological polar surface area (TPSA) is 64.7 Å². The van der Waals surface area contributed by atoms with Crippen LogP contribution in [0.25, 0.3) is 0 Å². The summed E-state index contributed by atoms with van der Waals surface area (Å²) in [6.45, 7) is 4.15. The molecule has 0 spiro atoms. The van der Waals surface area contributed by atoms with Gasteiger partial charge < -0.3 is 15.5 Å². The van der Waals surface area contributed by atoms with Gasteiger partial charge in [-0.1, -0.05) is 0 Å². The van der Waals surface area contributed by atoms with Crippen molar-refractivity contribution in [2.24, 2.45) is 0 Å². The molecule has 2 aliphatic rings. The summed E-state index contributed by atoms with van der Waals surface area (Å²) in [6.07, 6.45) is 2.11. The largest absolute Gasteiger partial charge is 0.336 e. The molecule has 0 radical (unpaired) electrons. The lowest BCUT2D eigenvalue weighted by Crippen LogP contribution is -2.48. The number of amides is 3. The molecule has 1 aromatic carbocycles. The smallest absolute Gasteiger partial charge is 0.319 e. The third kappa shape index (κ3) is 5.12. The van der Waals surface area contributed by atoms with Crippen LogP contribution in [0.4, 0.5) is 10.5 Å². The Hall–Kier alpha value is -1.90. The fourth-order valence-corrected chi connectivity index (χ4v) is 4.75. The van der Waals surface area contributed by atoms with Crippen LogP contribution in [0.15, 0.2) is 40.2 Å². The average Bonchev–Trinajstić information content (AvgIpc) is 3.41. The molecule has 8 heteroatoms. The molecule has 6 nitrogen and oxygen atoms in total. The molecule has 2 aromatic rings. The Balaban J connectivity index is 1.26. The highest BCUT2D eigenvalue weighted by molar-refractivity contribution is 9.11. The van der Waals surface area contributed by atoms with Crippen molar-refractivity contribution in [1.29, 1.82) is 0 Å². The SMILES string of the molecule is O=C(Nc1ccc(C(=O)N2CCN(Cc3ccc(Br)s3)CC2)cc1)NC1CC1. The number of hydrogen-bond donors (Lipinski definition) is 2. The van der Waals surface area contributed by atoms with Gasteiger partial charge in [0, 0.05) is 54.9 Å². The monoisotopic (exact) mass is 462 g/mol. The van der Waals surface area contributed by atoms with Crippen molar-refractivity contribution in [2.45, 2.75) is 25.4 Å². The number of rotatable bonds is 5. The van der Waals surface area contributed by atoms with Gasteiger partial charge in [-0.15, -0.1) is 11.3 Å². The Labute approximate surface area is 177 Å². The van der Waals surface area contributed by atoms with Gasteiger partial charge in [-0.2, -0.15) is 0 Å². The van der Waals surface area contributed by atoms with E-state index in [1.165, 1.54) is 4.88 Å². The number of nitrogens with zero attached hydrogens (tertiary/aromatic N) is 2. The van der Waals surface area contributed by atoms with Crippen LogP contribution in [-0.4, -0.2) is 54.0 Å². The molecule has 1 aliphatic heterocycles. The Morgan fingerprint density at radius 1 is 1.04 bits per heavy atom. The summed E-state index contributed by atoms with van der Waals surface area (Å²) in [7, 11) is 0. The molecule has 28 heavy (non-hydrogen) atoms. The first kappa shape index (κ1) is 19.4. The quantitative estimate of drug-likeness (QED) is 0.710. The second-order valence-electron chi connectivity index (χ2n) is 7.22. The minimum absolute atomic E-state index is 0.0486. The van der Waals surface area contributed by atoms with E-state index in [0.29, 0.717) is 17.3 Å². The van der Waals surface area contributed by atoms with Crippen molar-refractivity contribution in [3.63, 3.8) is 0 Å². The van der Waals surface area contributed by atoms with E-state index in [-0.39, 0.29) is 11.9 Å². The predicted molar refractivity (Wildman–Crippen MR) is 115 cm³/mol. The first-order valence-corrected chi connectivity index (χ1v) is 11.1. The number of halogens is 1. The summed E-state index contributed by atoms with van der Waals surface area (Å²) in [4.78, 5) is 30.2. The third-order valence-electron chi connectivity index (χ3n) is 4.97. The van der Waals surface area contributed by atoms with E-state index in [4.69, 9.17) is 0 Å². The molecule has 148 valence electrons. The molecule has 0 bridgehead atoms. The van der Waals surface area contributed by atoms with Gasteiger partial charge in [-0.3, -0.25) is 9.69 Å². The molecule has 1 aromatic heterocycles. The molecule has 4 rings (SSSR count). The Kier molecular flexibility index (Phi) is 5.99. The maximum Gasteiger partial charge on any atom is 0.319 e. The molecule has 0 unspecified atom stereocenters. The van der Waals surface area contributed by atoms with Gasteiger partial charge in [0.15, 0.2) is 0 Å². The normalized spacial score (nSPS) is 17.4. The number of thiophene rings is 1. The minimum atomic E-state index is -0.185. The van der Waals surface area contributed by atoms with Crippen LogP contribution >= 0.6 is 27.3 Å². The lowest BCUT2D eigenvalue weighted by Gasteiger charge is -2.34. The number of nitrogens with one attached hydrogen (secondary N) is 2. The first-order chi connectivity index (χ1) is 13.6. The van der Waals surface area contributed by atoms with Gasteiger partial charge in [0.2, 0.25) is 0 Å². The molecule has 1 aliphatic carbocycles. The van der Waals surface area contributed by atoms with Crippen molar-refractivity contribution in [1.82, 2.24) is 15.1 Å². The zero-order valence-electron chi connectivity index (χ0n) is 15.5. The van der Waals surface area contributed by atoms with Crippen LogP contribution in [0, 0.1) is 0 Å². The Bertz CT molecular complexity index is 842. The first-order valence-electron chi connectivity index (χ1n) is 9.50. The van der Waals surface area contributed by atoms with Gasteiger partial charge in [0.1, 0.15) is 0 Å². The fraction of sp³-hybridized carbons (Fsp3) is 0.400. The van der Waals surface area contributed by atoms with E-state index in [1.807, 2.05) is 4.90 Å². The number of urea groups is 1. The van der Waals surface area contributed by atoms with Crippen molar-refractivity contribution in [2.75, 3.05) is 31.5 Å². The van der Waals surface area contributed by atoms with Crippen molar-refractivity contribution >= 4 is 44.9 Å². The fourth-order valence-electron chi connectivity index (χ4n) is 3.23. The standard InChI is InChI=1S/C20H23BrN4O2S/c21-18-8-7-17(28-18)13-24-9-11-25(12-10-24)19(26)14-1-3-15(4-2-14)22-20(27)23-16-5-6-16/h1-4,7-8,16H,5-6,9-13H2,(H2,22,23,27). The second-order valence-corrected chi connectivity index (χ2v) is 9.77. The molecule has 2 heterocycles. The van der Waals surface area contributed by atoms with Crippen molar-refractivity contribution in [3.05, 3.63) is 50.6 Å². The number of piperazine rings is 1. The molecular formula is C20H23BrN4O2S. The molecule has 1 saturated heterocycles. The second kappa shape index (κ2) is 8.63. The maximum absolute atomic E-state index is 12.8. The van der Waals surface area contributed by atoms with E-state index in [9.17, 15) is 9.59 Å². The molecular weight excluding hydrogens is 440 g/mol. The van der Waals surface area contributed by atoms with E-state index in [0.717, 1.165) is 49.4 Å². The summed E-state index contributed by atoms with van der Waals surface area (Å²) >= 11 is 5.26. The van der Waals surface area contributed by atoms with E-state index < -0.39 is 0 Å². The molecule has 3 amide bonds. The van der Waals surface area contributed by atoms with Crippen LogP contribution < -0.4 is 10.6 Å². The summed E-state index contributed by atoms with van der Waals surface area (Å²) in [5.41, 5.74) is 1.35. The average molecular weight is 463 g/mol. The zero-order valence-corrected chi connectivity index (χ0v) is 17.9. The number of anilines is 1. The highest BCUT2D eigenvalue weighted by Crippen LogP contribution is 2.24. The van der Waals surface area contributed by atoms with E-state index in [2.05, 4.69) is 43.6 Å². The summed E-state index contributed by atoms with van der Waals surface area (Å²) in [5.74, 6) is 0.0486. The van der Waals surface area contributed by atoms with Crippen LogP contribution in [0.2, 0.25) is 0 Å². The van der Waals surface area contributed by atoms with Crippen LogP contribution in [0.3, 0.4) is 0 Å². The van der Waals surface area contributed by atoms with E-state index >= 15 is 0 Å². The highest BCUT2D eigenvalue weighted by atomic mass is 79.9.